The minimum Gasteiger partial charge on any atom is -0.351 e. The monoisotopic (exact) mass is 338 g/mol. The number of nitrogens with one attached hydrogen (secondary N) is 1. The smallest absolute Gasteiger partial charge is 0.235 e. The van der Waals surface area contributed by atoms with Crippen LogP contribution in [0.2, 0.25) is 0 Å². The first kappa shape index (κ1) is 17.9. The van der Waals surface area contributed by atoms with Crippen molar-refractivity contribution in [2.45, 2.75) is 51.6 Å². The van der Waals surface area contributed by atoms with Gasteiger partial charge in [0.2, 0.25) is 15.9 Å². The predicted octanol–water partition coefficient (Wildman–Crippen LogP) is 2.21. The fourth-order valence-corrected chi connectivity index (χ4v) is 4.19. The van der Waals surface area contributed by atoms with Gasteiger partial charge in [0.25, 0.3) is 0 Å². The molecular weight excluding hydrogens is 312 g/mol. The molecule has 1 saturated carbocycles. The first-order valence-electron chi connectivity index (χ1n) is 8.16. The molecule has 0 spiro atoms. The summed E-state index contributed by atoms with van der Waals surface area (Å²) in [6.07, 6.45) is 6.09. The van der Waals surface area contributed by atoms with Gasteiger partial charge in [-0.15, -0.1) is 0 Å². The van der Waals surface area contributed by atoms with Gasteiger partial charge in [-0.25, -0.2) is 8.42 Å². The summed E-state index contributed by atoms with van der Waals surface area (Å²) in [5, 5.41) is 2.84. The van der Waals surface area contributed by atoms with Gasteiger partial charge in [-0.3, -0.25) is 4.79 Å². The van der Waals surface area contributed by atoms with Crippen LogP contribution in [0.25, 0.3) is 0 Å². The van der Waals surface area contributed by atoms with Crippen molar-refractivity contribution in [3.8, 4) is 0 Å². The molecular formula is C17H26N2O3S. The Morgan fingerprint density at radius 3 is 2.48 bits per heavy atom. The van der Waals surface area contributed by atoms with E-state index in [1.54, 1.807) is 0 Å². The van der Waals surface area contributed by atoms with Crippen molar-refractivity contribution in [3.05, 3.63) is 35.4 Å². The van der Waals surface area contributed by atoms with Gasteiger partial charge in [-0.1, -0.05) is 43.5 Å². The summed E-state index contributed by atoms with van der Waals surface area (Å²) in [5.74, 6) is -0.246. The molecule has 0 unspecified atom stereocenters. The van der Waals surface area contributed by atoms with Crippen LogP contribution in [0.1, 0.15) is 43.2 Å². The first-order valence-corrected chi connectivity index (χ1v) is 10.0. The Kier molecular flexibility index (Phi) is 6.18. The molecule has 1 aliphatic carbocycles. The average molecular weight is 338 g/mol. The Hall–Kier alpha value is -1.40. The topological polar surface area (TPSA) is 66.5 Å². The van der Waals surface area contributed by atoms with Crippen LogP contribution >= 0.6 is 0 Å². The van der Waals surface area contributed by atoms with E-state index in [1.165, 1.54) is 10.6 Å². The largest absolute Gasteiger partial charge is 0.351 e. The molecule has 0 bridgehead atoms. The lowest BCUT2D eigenvalue weighted by Gasteiger charge is -2.31. The van der Waals surface area contributed by atoms with Gasteiger partial charge in [0, 0.05) is 12.6 Å². The van der Waals surface area contributed by atoms with Crippen LogP contribution in [0.4, 0.5) is 0 Å². The lowest BCUT2D eigenvalue weighted by Crippen LogP contribution is -2.46. The average Bonchev–Trinajstić information content (AvgIpc) is 2.51. The van der Waals surface area contributed by atoms with Crippen molar-refractivity contribution in [1.82, 2.24) is 9.62 Å². The van der Waals surface area contributed by atoms with Crippen LogP contribution < -0.4 is 5.32 Å². The molecule has 1 aromatic rings. The van der Waals surface area contributed by atoms with E-state index in [1.807, 2.05) is 31.2 Å². The standard InChI is InChI=1S/C17H26N2O3S/c1-14-8-6-7-9-15(14)12-18-17(20)13-19(23(2,21)22)16-10-4-3-5-11-16/h6-9,16H,3-5,10-13H2,1-2H3,(H,18,20). The zero-order chi connectivity index (χ0) is 16.9. The molecule has 1 aromatic carbocycles. The Morgan fingerprint density at radius 2 is 1.87 bits per heavy atom. The van der Waals surface area contributed by atoms with Crippen molar-refractivity contribution in [2.75, 3.05) is 12.8 Å². The van der Waals surface area contributed by atoms with Crippen LogP contribution in [0.5, 0.6) is 0 Å². The van der Waals surface area contributed by atoms with Crippen molar-refractivity contribution in [3.63, 3.8) is 0 Å². The molecule has 1 fully saturated rings. The number of benzene rings is 1. The highest BCUT2D eigenvalue weighted by Gasteiger charge is 2.29. The van der Waals surface area contributed by atoms with Gasteiger partial charge in [-0.05, 0) is 30.9 Å². The number of aryl methyl sites for hydroxylation is 1. The van der Waals surface area contributed by atoms with E-state index >= 15 is 0 Å². The molecule has 0 aromatic heterocycles. The second-order valence-electron chi connectivity index (χ2n) is 6.30. The fraction of sp³-hybridized carbons (Fsp3) is 0.588. The Balaban J connectivity index is 1.96. The van der Waals surface area contributed by atoms with Gasteiger partial charge >= 0.3 is 0 Å². The lowest BCUT2D eigenvalue weighted by molar-refractivity contribution is -0.121. The molecule has 1 N–H and O–H groups in total. The van der Waals surface area contributed by atoms with Crippen LogP contribution in [0, 0.1) is 6.92 Å². The van der Waals surface area contributed by atoms with Crippen molar-refractivity contribution < 1.29 is 13.2 Å². The summed E-state index contributed by atoms with van der Waals surface area (Å²) in [6, 6.07) is 7.80. The zero-order valence-electron chi connectivity index (χ0n) is 13.9. The molecule has 6 heteroatoms. The van der Waals surface area contributed by atoms with E-state index in [4.69, 9.17) is 0 Å². The van der Waals surface area contributed by atoms with E-state index in [0.717, 1.165) is 43.2 Å². The predicted molar refractivity (Wildman–Crippen MR) is 91.4 cm³/mol. The van der Waals surface area contributed by atoms with Crippen LogP contribution in [-0.4, -0.2) is 37.5 Å². The Morgan fingerprint density at radius 1 is 1.22 bits per heavy atom. The highest BCUT2D eigenvalue weighted by molar-refractivity contribution is 7.88. The third kappa shape index (κ3) is 5.32. The quantitative estimate of drug-likeness (QED) is 0.865. The summed E-state index contributed by atoms with van der Waals surface area (Å²) in [5.41, 5.74) is 2.16. The molecule has 23 heavy (non-hydrogen) atoms. The van der Waals surface area contributed by atoms with Crippen molar-refractivity contribution in [1.29, 1.82) is 0 Å². The number of carbonyl (C=O) groups excluding carboxylic acids is 1. The third-order valence-electron chi connectivity index (χ3n) is 4.44. The van der Waals surface area contributed by atoms with Crippen molar-refractivity contribution >= 4 is 15.9 Å². The minimum absolute atomic E-state index is 0.0389. The van der Waals surface area contributed by atoms with Gasteiger partial charge in [0.1, 0.15) is 0 Å². The molecule has 1 amide bonds. The van der Waals surface area contributed by atoms with Gasteiger partial charge < -0.3 is 5.32 Å². The maximum absolute atomic E-state index is 12.2. The molecule has 0 radical (unpaired) electrons. The summed E-state index contributed by atoms with van der Waals surface area (Å²) in [4.78, 5) is 12.2. The molecule has 0 saturated heterocycles. The van der Waals surface area contributed by atoms with E-state index < -0.39 is 10.0 Å². The zero-order valence-corrected chi connectivity index (χ0v) is 14.7. The maximum atomic E-state index is 12.2. The van der Waals surface area contributed by atoms with Gasteiger partial charge in [0.05, 0.1) is 12.8 Å². The third-order valence-corrected chi connectivity index (χ3v) is 5.72. The number of amides is 1. The van der Waals surface area contributed by atoms with E-state index in [0.29, 0.717) is 6.54 Å². The van der Waals surface area contributed by atoms with Crippen LogP contribution in [-0.2, 0) is 21.4 Å². The molecule has 0 aliphatic heterocycles. The van der Waals surface area contributed by atoms with Crippen molar-refractivity contribution in [2.24, 2.45) is 0 Å². The van der Waals surface area contributed by atoms with E-state index in [2.05, 4.69) is 5.32 Å². The molecule has 5 nitrogen and oxygen atoms in total. The molecule has 0 atom stereocenters. The highest BCUT2D eigenvalue weighted by Crippen LogP contribution is 2.24. The minimum atomic E-state index is -3.38. The van der Waals surface area contributed by atoms with Crippen LogP contribution in [0.15, 0.2) is 24.3 Å². The number of nitrogens with zero attached hydrogens (tertiary/aromatic N) is 1. The Labute approximate surface area is 139 Å². The second-order valence-corrected chi connectivity index (χ2v) is 8.24. The van der Waals surface area contributed by atoms with Crippen LogP contribution in [0.3, 0.4) is 0 Å². The SMILES string of the molecule is Cc1ccccc1CNC(=O)CN(C1CCCCC1)S(C)(=O)=O. The highest BCUT2D eigenvalue weighted by atomic mass is 32.2. The number of hydrogen-bond donors (Lipinski definition) is 1. The molecule has 1 aliphatic rings. The number of rotatable bonds is 6. The second kappa shape index (κ2) is 7.93. The summed E-state index contributed by atoms with van der Waals surface area (Å²) in [6.45, 7) is 2.33. The summed E-state index contributed by atoms with van der Waals surface area (Å²) in [7, 11) is -3.38. The normalized spacial score (nSPS) is 16.5. The number of carbonyl (C=O) groups is 1. The summed E-state index contributed by atoms with van der Waals surface area (Å²) >= 11 is 0. The van der Waals surface area contributed by atoms with Gasteiger partial charge in [-0.2, -0.15) is 4.31 Å². The molecule has 2 rings (SSSR count). The Bertz CT molecular complexity index is 637. The maximum Gasteiger partial charge on any atom is 0.235 e. The van der Waals surface area contributed by atoms with E-state index in [-0.39, 0.29) is 18.5 Å². The molecule has 128 valence electrons. The summed E-state index contributed by atoms with van der Waals surface area (Å²) < 4.78 is 25.5. The van der Waals surface area contributed by atoms with Gasteiger partial charge in [0.15, 0.2) is 0 Å². The lowest BCUT2D eigenvalue weighted by atomic mass is 9.95. The number of sulfonamides is 1. The number of hydrogen-bond acceptors (Lipinski definition) is 3. The first-order chi connectivity index (χ1) is 10.9. The fourth-order valence-electron chi connectivity index (χ4n) is 3.09. The molecule has 0 heterocycles. The van der Waals surface area contributed by atoms with E-state index in [9.17, 15) is 13.2 Å².